The second-order valence-corrected chi connectivity index (χ2v) is 12.7. The summed E-state index contributed by atoms with van der Waals surface area (Å²) in [5.41, 5.74) is 4.55. The third kappa shape index (κ3) is 9.02. The van der Waals surface area contributed by atoms with E-state index in [1.165, 1.54) is 7.11 Å². The molecule has 0 saturated carbocycles. The maximum Gasteiger partial charge on any atom is 0.187 e. The summed E-state index contributed by atoms with van der Waals surface area (Å²) in [5, 5.41) is 11.6. The summed E-state index contributed by atoms with van der Waals surface area (Å²) >= 11 is 0. The lowest BCUT2D eigenvalue weighted by Crippen LogP contribution is -2.55. The van der Waals surface area contributed by atoms with E-state index in [1.54, 1.807) is 0 Å². The summed E-state index contributed by atoms with van der Waals surface area (Å²) in [4.78, 5) is 0. The second-order valence-electron chi connectivity index (χ2n) is 12.7. The molecule has 3 aliphatic rings. The fourth-order valence-electron chi connectivity index (χ4n) is 6.51. The van der Waals surface area contributed by atoms with Gasteiger partial charge >= 0.3 is 0 Å². The Kier molecular flexibility index (Phi) is 12.0. The van der Waals surface area contributed by atoms with Crippen molar-refractivity contribution in [2.24, 2.45) is 0 Å². The van der Waals surface area contributed by atoms with Crippen molar-refractivity contribution in [2.45, 2.75) is 69.0 Å². The Morgan fingerprint density at radius 1 is 0.725 bits per heavy atom. The first kappa shape index (κ1) is 35.3. The molecule has 0 bridgehead atoms. The van der Waals surface area contributed by atoms with E-state index >= 15 is 0 Å². The summed E-state index contributed by atoms with van der Waals surface area (Å²) in [7, 11) is 1.50. The van der Waals surface area contributed by atoms with Crippen molar-refractivity contribution in [3.63, 3.8) is 0 Å². The summed E-state index contributed by atoms with van der Waals surface area (Å²) in [6, 6.07) is 39.8. The Bertz CT molecular complexity index is 1700. The number of hydrogen-bond donors (Lipinski definition) is 1. The predicted octanol–water partition coefficient (Wildman–Crippen LogP) is 6.43. The molecule has 0 aromatic heterocycles. The van der Waals surface area contributed by atoms with Gasteiger partial charge in [-0.15, -0.1) is 0 Å². The average Bonchev–Trinajstić information content (AvgIpc) is 3.19. The van der Waals surface area contributed by atoms with Gasteiger partial charge in [0.1, 0.15) is 36.3 Å². The zero-order chi connectivity index (χ0) is 34.8. The maximum absolute atomic E-state index is 11.6. The lowest BCUT2D eigenvalue weighted by atomic mass is 9.92. The number of rotatable bonds is 13. The minimum absolute atomic E-state index is 0.235. The minimum Gasteiger partial charge on any atom is -0.485 e. The molecule has 2 fully saturated rings. The van der Waals surface area contributed by atoms with Crippen LogP contribution in [0.4, 0.5) is 0 Å². The third-order valence-corrected chi connectivity index (χ3v) is 9.14. The highest BCUT2D eigenvalue weighted by atomic mass is 16.7. The number of ether oxygens (including phenoxy) is 8. The van der Waals surface area contributed by atoms with Crippen LogP contribution in [0, 0.1) is 0 Å². The smallest absolute Gasteiger partial charge is 0.187 e. The predicted molar refractivity (Wildman–Crippen MR) is 189 cm³/mol. The van der Waals surface area contributed by atoms with E-state index in [-0.39, 0.29) is 13.2 Å². The van der Waals surface area contributed by atoms with Gasteiger partial charge in [-0.2, -0.15) is 0 Å². The number of benzene rings is 4. The largest absolute Gasteiger partial charge is 0.485 e. The molecular formula is C42H44O9. The van der Waals surface area contributed by atoms with Gasteiger partial charge in [0.15, 0.2) is 18.7 Å². The summed E-state index contributed by atoms with van der Waals surface area (Å²) in [5.74, 6) is 0.497. The molecule has 9 nitrogen and oxygen atoms in total. The topological polar surface area (TPSA) is 94.1 Å². The molecule has 7 rings (SSSR count). The quantitative estimate of drug-likeness (QED) is 0.170. The van der Waals surface area contributed by atoms with Crippen LogP contribution in [0.25, 0.3) is 0 Å². The molecule has 9 heteroatoms. The van der Waals surface area contributed by atoms with E-state index in [4.69, 9.17) is 37.9 Å². The van der Waals surface area contributed by atoms with Gasteiger partial charge in [-0.3, -0.25) is 0 Å². The Hall–Kier alpha value is -4.16. The molecule has 4 aromatic carbocycles. The summed E-state index contributed by atoms with van der Waals surface area (Å²) in [6.45, 7) is 1.62. The van der Waals surface area contributed by atoms with Gasteiger partial charge in [0.2, 0.25) is 0 Å². The zero-order valence-corrected chi connectivity index (χ0v) is 28.6. The Morgan fingerprint density at radius 2 is 1.31 bits per heavy atom. The van der Waals surface area contributed by atoms with Gasteiger partial charge in [0.05, 0.1) is 33.0 Å². The van der Waals surface area contributed by atoms with Crippen LogP contribution in [-0.4, -0.2) is 68.3 Å². The molecule has 3 heterocycles. The number of fused-ring (bicyclic) bond motifs is 1. The van der Waals surface area contributed by atoms with Crippen LogP contribution < -0.4 is 0 Å². The lowest BCUT2D eigenvalue weighted by molar-refractivity contribution is -0.314. The fraction of sp³-hybridized carbons (Fsp3) is 0.333. The van der Waals surface area contributed by atoms with Crippen molar-refractivity contribution in [3.05, 3.63) is 167 Å². The van der Waals surface area contributed by atoms with E-state index < -0.39 is 49.2 Å². The lowest BCUT2D eigenvalue weighted by Gasteiger charge is -2.45. The number of allylic oxidation sites excluding steroid dienone is 1. The van der Waals surface area contributed by atoms with E-state index in [0.29, 0.717) is 31.2 Å². The highest BCUT2D eigenvalue weighted by Gasteiger charge is 2.47. The van der Waals surface area contributed by atoms with Crippen molar-refractivity contribution in [2.75, 3.05) is 20.3 Å². The molecule has 0 spiro atoms. The molecule has 2 saturated heterocycles. The van der Waals surface area contributed by atoms with Crippen LogP contribution in [0.5, 0.6) is 0 Å². The van der Waals surface area contributed by atoms with Crippen molar-refractivity contribution in [3.8, 4) is 0 Å². The van der Waals surface area contributed by atoms with Crippen LogP contribution in [0.1, 0.15) is 28.5 Å². The fourth-order valence-corrected chi connectivity index (χ4v) is 6.51. The molecule has 266 valence electrons. The Labute approximate surface area is 298 Å². The minimum atomic E-state index is -1.13. The molecular weight excluding hydrogens is 648 g/mol. The van der Waals surface area contributed by atoms with E-state index in [2.05, 4.69) is 0 Å². The zero-order valence-electron chi connectivity index (χ0n) is 28.6. The first-order valence-electron chi connectivity index (χ1n) is 17.4. The van der Waals surface area contributed by atoms with Gasteiger partial charge in [-0.05, 0) is 34.4 Å². The van der Waals surface area contributed by atoms with Crippen molar-refractivity contribution >= 4 is 0 Å². The van der Waals surface area contributed by atoms with Gasteiger partial charge < -0.3 is 43.0 Å². The van der Waals surface area contributed by atoms with Gasteiger partial charge in [-0.25, -0.2) is 0 Å². The monoisotopic (exact) mass is 692 g/mol. The normalized spacial score (nSPS) is 28.4. The highest BCUT2D eigenvalue weighted by molar-refractivity contribution is 5.31. The van der Waals surface area contributed by atoms with E-state index in [0.717, 1.165) is 22.3 Å². The summed E-state index contributed by atoms with van der Waals surface area (Å²) in [6.07, 6.45) is -1.65. The molecule has 0 radical (unpaired) electrons. The standard InChI is InChI=1S/C42H44O9/c1-44-42-38(43)34(39-37(50-42)28-48-41(51-39)32-20-12-5-13-21-32)22-33-23-35(46-25-30-16-8-3-9-17-30)40(47-26-31-18-10-4-11-19-31)36(49-33)27-45-24-29-14-6-2-7-15-29/h2-23,35-43H,24-28H2,1H3/b34-22+/t35-,36-,37-,38+,39+,40+,41?,42+/m1/s1. The van der Waals surface area contributed by atoms with Crippen LogP contribution in [0.3, 0.4) is 0 Å². The van der Waals surface area contributed by atoms with Gasteiger partial charge in [0.25, 0.3) is 0 Å². The SMILES string of the molecule is CO[C@H]1O[C@@H]2COC(c3ccccc3)O[C@H]2/C(=C/C2=C[C@@H](OCc3ccccc3)[C@H](OCc3ccccc3)[C@@H](COCc3ccccc3)O2)[C@@H]1O. The summed E-state index contributed by atoms with van der Waals surface area (Å²) < 4.78 is 50.3. The number of aliphatic hydroxyl groups excluding tert-OH is 1. The van der Waals surface area contributed by atoms with Crippen molar-refractivity contribution in [1.29, 1.82) is 0 Å². The second kappa shape index (κ2) is 17.4. The maximum atomic E-state index is 11.6. The molecule has 0 amide bonds. The van der Waals surface area contributed by atoms with Crippen LogP contribution in [-0.2, 0) is 57.7 Å². The van der Waals surface area contributed by atoms with Gasteiger partial charge in [-0.1, -0.05) is 121 Å². The van der Waals surface area contributed by atoms with Crippen LogP contribution >= 0.6 is 0 Å². The molecule has 1 unspecified atom stereocenters. The number of hydrogen-bond acceptors (Lipinski definition) is 9. The average molecular weight is 693 g/mol. The first-order valence-corrected chi connectivity index (χ1v) is 17.4. The molecule has 1 N–H and O–H groups in total. The number of methoxy groups -OCH3 is 1. The van der Waals surface area contributed by atoms with Crippen molar-refractivity contribution < 1.29 is 43.0 Å². The highest BCUT2D eigenvalue weighted by Crippen LogP contribution is 2.38. The molecule has 0 aliphatic carbocycles. The molecule has 8 atom stereocenters. The molecule has 4 aromatic rings. The molecule has 51 heavy (non-hydrogen) atoms. The Morgan fingerprint density at radius 3 is 1.94 bits per heavy atom. The Balaban J connectivity index is 1.20. The first-order chi connectivity index (χ1) is 25.1. The van der Waals surface area contributed by atoms with E-state index in [1.807, 2.05) is 133 Å². The van der Waals surface area contributed by atoms with Crippen LogP contribution in [0.15, 0.2) is 145 Å². The van der Waals surface area contributed by atoms with Crippen LogP contribution in [0.2, 0.25) is 0 Å². The van der Waals surface area contributed by atoms with E-state index in [9.17, 15) is 5.11 Å². The molecule has 3 aliphatic heterocycles. The third-order valence-electron chi connectivity index (χ3n) is 9.14. The number of aliphatic hydroxyl groups is 1. The van der Waals surface area contributed by atoms with Gasteiger partial charge in [0, 0.05) is 12.7 Å². The van der Waals surface area contributed by atoms with Crippen molar-refractivity contribution in [1.82, 2.24) is 0 Å².